The Labute approximate surface area is 155 Å². The molecule has 0 saturated heterocycles. The number of hydrogen-bond donors (Lipinski definition) is 1. The number of aromatic nitrogens is 2. The predicted molar refractivity (Wildman–Crippen MR) is 93.0 cm³/mol. The van der Waals surface area contributed by atoms with Crippen LogP contribution >= 0.6 is 11.3 Å². The van der Waals surface area contributed by atoms with Crippen LogP contribution in [0.15, 0.2) is 58.9 Å². The number of alkyl halides is 3. The van der Waals surface area contributed by atoms with E-state index in [1.807, 2.05) is 0 Å². The van der Waals surface area contributed by atoms with Gasteiger partial charge in [-0.2, -0.15) is 13.2 Å². The Morgan fingerprint density at radius 2 is 1.74 bits per heavy atom. The minimum Gasteiger partial charge on any atom is -0.298 e. The lowest BCUT2D eigenvalue weighted by Gasteiger charge is -2.08. The van der Waals surface area contributed by atoms with Gasteiger partial charge in [0.25, 0.3) is 15.7 Å². The van der Waals surface area contributed by atoms with Gasteiger partial charge in [0.1, 0.15) is 5.69 Å². The van der Waals surface area contributed by atoms with Crippen LogP contribution in [-0.4, -0.2) is 29.8 Å². The van der Waals surface area contributed by atoms with Crippen LogP contribution in [0.2, 0.25) is 0 Å². The highest BCUT2D eigenvalue weighted by molar-refractivity contribution is 7.92. The van der Waals surface area contributed by atoms with Crippen LogP contribution in [0.3, 0.4) is 0 Å². The molecule has 3 aromatic rings. The van der Waals surface area contributed by atoms with E-state index in [1.165, 1.54) is 0 Å². The van der Waals surface area contributed by atoms with Crippen molar-refractivity contribution in [3.05, 3.63) is 59.6 Å². The molecule has 0 bridgehead atoms. The summed E-state index contributed by atoms with van der Waals surface area (Å²) in [6, 6.07) is 8.76. The molecule has 0 atom stereocenters. The number of anilines is 1. The average Bonchev–Trinajstić information content (AvgIpc) is 3.10. The number of carbonyl (C=O) groups excluding carboxylic acids is 1. The molecule has 1 amide bonds. The first-order valence-corrected chi connectivity index (χ1v) is 9.64. The van der Waals surface area contributed by atoms with Crippen molar-refractivity contribution in [2.45, 2.75) is 10.4 Å². The van der Waals surface area contributed by atoms with Gasteiger partial charge < -0.3 is 0 Å². The van der Waals surface area contributed by atoms with E-state index < -0.39 is 26.1 Å². The molecule has 0 saturated carbocycles. The SMILES string of the molecule is O=C(Nc1nc(-c2ccccn2)cs1)c1ccc(S(=O)(=O)C(F)(F)F)cc1. The molecule has 0 spiro atoms. The zero-order chi connectivity index (χ0) is 19.7. The first-order valence-electron chi connectivity index (χ1n) is 7.28. The van der Waals surface area contributed by atoms with Gasteiger partial charge in [-0.1, -0.05) is 6.07 Å². The minimum absolute atomic E-state index is 0.00860. The van der Waals surface area contributed by atoms with Crippen LogP contribution in [0.1, 0.15) is 10.4 Å². The Balaban J connectivity index is 1.75. The highest BCUT2D eigenvalue weighted by atomic mass is 32.2. The third-order valence-electron chi connectivity index (χ3n) is 3.38. The zero-order valence-corrected chi connectivity index (χ0v) is 14.9. The van der Waals surface area contributed by atoms with Crippen molar-refractivity contribution in [2.75, 3.05) is 5.32 Å². The molecular formula is C16H10F3N3O3S2. The maximum absolute atomic E-state index is 12.5. The smallest absolute Gasteiger partial charge is 0.298 e. The molecular weight excluding hydrogens is 403 g/mol. The third kappa shape index (κ3) is 3.98. The number of benzene rings is 1. The molecule has 0 unspecified atom stereocenters. The lowest BCUT2D eigenvalue weighted by atomic mass is 10.2. The fourth-order valence-corrected chi connectivity index (χ4v) is 3.51. The van der Waals surface area contributed by atoms with E-state index in [0.29, 0.717) is 11.4 Å². The summed E-state index contributed by atoms with van der Waals surface area (Å²) in [5, 5.41) is 4.47. The summed E-state index contributed by atoms with van der Waals surface area (Å²) in [5.74, 6) is -0.632. The summed E-state index contributed by atoms with van der Waals surface area (Å²) >= 11 is 1.15. The van der Waals surface area contributed by atoms with E-state index in [2.05, 4.69) is 15.3 Å². The number of halogens is 3. The van der Waals surface area contributed by atoms with Crippen LogP contribution in [0.5, 0.6) is 0 Å². The number of rotatable bonds is 4. The number of pyridine rings is 1. The Hall–Kier alpha value is -2.79. The summed E-state index contributed by atoms with van der Waals surface area (Å²) in [4.78, 5) is 19.6. The lowest BCUT2D eigenvalue weighted by molar-refractivity contribution is -0.0436. The number of carbonyl (C=O) groups is 1. The number of thiazole rings is 1. The highest BCUT2D eigenvalue weighted by Crippen LogP contribution is 2.30. The van der Waals surface area contributed by atoms with Crippen molar-refractivity contribution >= 4 is 32.2 Å². The maximum atomic E-state index is 12.5. The van der Waals surface area contributed by atoms with Crippen LogP contribution < -0.4 is 5.32 Å². The Bertz CT molecular complexity index is 1060. The van der Waals surface area contributed by atoms with Gasteiger partial charge in [-0.15, -0.1) is 11.3 Å². The van der Waals surface area contributed by atoms with Gasteiger partial charge >= 0.3 is 5.51 Å². The number of nitrogens with zero attached hydrogens (tertiary/aromatic N) is 2. The van der Waals surface area contributed by atoms with Gasteiger partial charge in [0.15, 0.2) is 5.13 Å². The van der Waals surface area contributed by atoms with Gasteiger partial charge in [-0.3, -0.25) is 15.1 Å². The molecule has 2 aromatic heterocycles. The molecule has 6 nitrogen and oxygen atoms in total. The van der Waals surface area contributed by atoms with Gasteiger partial charge in [0, 0.05) is 17.1 Å². The number of nitrogens with one attached hydrogen (secondary N) is 1. The van der Waals surface area contributed by atoms with Gasteiger partial charge in [0.2, 0.25) is 0 Å². The van der Waals surface area contributed by atoms with Crippen LogP contribution in [0.25, 0.3) is 11.4 Å². The second-order valence-electron chi connectivity index (χ2n) is 5.18. The molecule has 2 heterocycles. The molecule has 27 heavy (non-hydrogen) atoms. The normalized spacial score (nSPS) is 12.0. The Morgan fingerprint density at radius 3 is 2.33 bits per heavy atom. The molecule has 0 aliphatic heterocycles. The standard InChI is InChI=1S/C16H10F3N3O3S2/c17-16(18,19)27(24,25)11-6-4-10(5-7-11)14(23)22-15-21-13(9-26-15)12-3-1-2-8-20-12/h1-9H,(H,21,22,23). The molecule has 0 aliphatic carbocycles. The van der Waals surface area contributed by atoms with E-state index in [-0.39, 0.29) is 10.7 Å². The second kappa shape index (κ2) is 7.08. The fourth-order valence-electron chi connectivity index (χ4n) is 2.05. The van der Waals surface area contributed by atoms with Gasteiger partial charge in [-0.05, 0) is 36.4 Å². The van der Waals surface area contributed by atoms with Crippen molar-refractivity contribution in [1.82, 2.24) is 9.97 Å². The van der Waals surface area contributed by atoms with E-state index in [1.54, 1.807) is 29.8 Å². The Morgan fingerprint density at radius 1 is 1.04 bits per heavy atom. The van der Waals surface area contributed by atoms with Crippen LogP contribution in [0, 0.1) is 0 Å². The van der Waals surface area contributed by atoms with Crippen molar-refractivity contribution in [3.8, 4) is 11.4 Å². The van der Waals surface area contributed by atoms with E-state index in [9.17, 15) is 26.4 Å². The first kappa shape index (κ1) is 19.0. The Kier molecular flexibility index (Phi) is 4.98. The summed E-state index contributed by atoms with van der Waals surface area (Å²) in [5.41, 5.74) is -4.23. The number of hydrogen-bond acceptors (Lipinski definition) is 6. The monoisotopic (exact) mass is 413 g/mol. The zero-order valence-electron chi connectivity index (χ0n) is 13.3. The quantitative estimate of drug-likeness (QED) is 0.704. The van der Waals surface area contributed by atoms with Crippen LogP contribution in [0.4, 0.5) is 18.3 Å². The molecule has 0 aliphatic rings. The first-order chi connectivity index (χ1) is 12.7. The van der Waals surface area contributed by atoms with E-state index in [4.69, 9.17) is 0 Å². The highest BCUT2D eigenvalue weighted by Gasteiger charge is 2.46. The molecule has 1 N–H and O–H groups in total. The second-order valence-corrected chi connectivity index (χ2v) is 7.98. The summed E-state index contributed by atoms with van der Waals surface area (Å²) < 4.78 is 60.2. The van der Waals surface area contributed by atoms with Gasteiger partial charge in [0.05, 0.1) is 10.6 Å². The average molecular weight is 413 g/mol. The summed E-state index contributed by atoms with van der Waals surface area (Å²) in [6.45, 7) is 0. The van der Waals surface area contributed by atoms with Crippen molar-refractivity contribution in [2.24, 2.45) is 0 Å². The fraction of sp³-hybridized carbons (Fsp3) is 0.0625. The lowest BCUT2D eigenvalue weighted by Crippen LogP contribution is -2.23. The molecule has 11 heteroatoms. The molecule has 3 rings (SSSR count). The number of amides is 1. The van der Waals surface area contributed by atoms with E-state index in [0.717, 1.165) is 35.6 Å². The topological polar surface area (TPSA) is 89.0 Å². The van der Waals surface area contributed by atoms with Crippen molar-refractivity contribution in [3.63, 3.8) is 0 Å². The van der Waals surface area contributed by atoms with Crippen LogP contribution in [-0.2, 0) is 9.84 Å². The van der Waals surface area contributed by atoms with Gasteiger partial charge in [-0.25, -0.2) is 13.4 Å². The molecule has 0 radical (unpaired) electrons. The molecule has 1 aromatic carbocycles. The summed E-state index contributed by atoms with van der Waals surface area (Å²) in [7, 11) is -5.45. The molecule has 0 fully saturated rings. The van der Waals surface area contributed by atoms with Crippen molar-refractivity contribution in [1.29, 1.82) is 0 Å². The molecule has 140 valence electrons. The maximum Gasteiger partial charge on any atom is 0.501 e. The largest absolute Gasteiger partial charge is 0.501 e. The summed E-state index contributed by atoms with van der Waals surface area (Å²) in [6.07, 6.45) is 1.60. The minimum atomic E-state index is -5.45. The third-order valence-corrected chi connectivity index (χ3v) is 5.64. The number of sulfone groups is 1. The predicted octanol–water partition coefficient (Wildman–Crippen LogP) is 3.75. The van der Waals surface area contributed by atoms with Crippen molar-refractivity contribution < 1.29 is 26.4 Å². The van der Waals surface area contributed by atoms with E-state index >= 15 is 0 Å².